The number of nitrogens with zero attached hydrogens (tertiary/aromatic N) is 2. The summed E-state index contributed by atoms with van der Waals surface area (Å²) >= 11 is 0. The molecule has 2 heterocycles. The Labute approximate surface area is 176 Å². The van der Waals surface area contributed by atoms with Crippen LogP contribution in [0.2, 0.25) is 0 Å². The fourth-order valence-electron chi connectivity index (χ4n) is 4.00. The molecule has 30 heavy (non-hydrogen) atoms. The molecule has 2 aliphatic rings. The van der Waals surface area contributed by atoms with Crippen molar-refractivity contribution in [2.75, 3.05) is 18.4 Å². The number of benzene rings is 2. The predicted octanol–water partition coefficient (Wildman–Crippen LogP) is 3.66. The van der Waals surface area contributed by atoms with Gasteiger partial charge in [0.2, 0.25) is 5.95 Å². The Morgan fingerprint density at radius 3 is 2.87 bits per heavy atom. The van der Waals surface area contributed by atoms with Gasteiger partial charge in [0, 0.05) is 35.8 Å². The number of amides is 1. The molecular formula is C24H27N5O. The fourth-order valence-corrected chi connectivity index (χ4v) is 4.00. The van der Waals surface area contributed by atoms with Crippen LogP contribution in [0.5, 0.6) is 0 Å². The van der Waals surface area contributed by atoms with E-state index in [9.17, 15) is 4.79 Å². The van der Waals surface area contributed by atoms with Crippen LogP contribution in [0.1, 0.15) is 41.6 Å². The molecule has 3 N–H and O–H groups in total. The molecule has 5 rings (SSSR count). The molecule has 6 heteroatoms. The third kappa shape index (κ3) is 4.14. The van der Waals surface area contributed by atoms with Gasteiger partial charge in [-0.1, -0.05) is 12.1 Å². The first-order chi connectivity index (χ1) is 14.7. The Morgan fingerprint density at radius 2 is 2.07 bits per heavy atom. The van der Waals surface area contributed by atoms with E-state index >= 15 is 0 Å². The lowest BCUT2D eigenvalue weighted by Crippen LogP contribution is -2.29. The number of hydrogen-bond acceptors (Lipinski definition) is 5. The highest BCUT2D eigenvalue weighted by atomic mass is 16.1. The molecule has 1 amide bonds. The molecule has 154 valence electrons. The van der Waals surface area contributed by atoms with E-state index in [1.165, 1.54) is 12.8 Å². The van der Waals surface area contributed by atoms with Gasteiger partial charge in [0.05, 0.1) is 5.52 Å². The van der Waals surface area contributed by atoms with Crippen molar-refractivity contribution >= 4 is 22.8 Å². The fraction of sp³-hybridized carbons (Fsp3) is 0.375. The standard InChI is InChI=1S/C24H27N5O/c1-15-4-5-17(23(30)28-19-7-8-19)12-21(15)16-6-9-22-18(11-16)13-26-24(29-22)27-14-20-3-2-10-25-20/h4-6,9,11-13,19-20,25H,2-3,7-8,10,14H2,1H3,(H,28,30)(H,26,27,29). The lowest BCUT2D eigenvalue weighted by molar-refractivity contribution is 0.0951. The zero-order valence-corrected chi connectivity index (χ0v) is 17.2. The summed E-state index contributed by atoms with van der Waals surface area (Å²) in [7, 11) is 0. The highest BCUT2D eigenvalue weighted by Gasteiger charge is 2.24. The molecule has 0 spiro atoms. The van der Waals surface area contributed by atoms with Crippen molar-refractivity contribution in [3.05, 3.63) is 53.7 Å². The van der Waals surface area contributed by atoms with Crippen LogP contribution in [-0.4, -0.2) is 41.0 Å². The highest BCUT2D eigenvalue weighted by Crippen LogP contribution is 2.28. The number of carbonyl (C=O) groups excluding carboxylic acids is 1. The Kier molecular flexibility index (Phi) is 5.09. The van der Waals surface area contributed by atoms with E-state index < -0.39 is 0 Å². The third-order valence-corrected chi connectivity index (χ3v) is 5.97. The number of fused-ring (bicyclic) bond motifs is 1. The molecular weight excluding hydrogens is 374 g/mol. The molecule has 1 aliphatic carbocycles. The van der Waals surface area contributed by atoms with Crippen LogP contribution in [0.3, 0.4) is 0 Å². The van der Waals surface area contributed by atoms with Gasteiger partial charge in [0.25, 0.3) is 5.91 Å². The van der Waals surface area contributed by atoms with Gasteiger partial charge in [-0.25, -0.2) is 9.97 Å². The van der Waals surface area contributed by atoms with Crippen molar-refractivity contribution in [1.29, 1.82) is 0 Å². The lowest BCUT2D eigenvalue weighted by atomic mass is 9.97. The number of rotatable bonds is 6. The quantitative estimate of drug-likeness (QED) is 0.587. The summed E-state index contributed by atoms with van der Waals surface area (Å²) in [6, 6.07) is 13.0. The summed E-state index contributed by atoms with van der Waals surface area (Å²) in [5.74, 6) is 0.675. The summed E-state index contributed by atoms with van der Waals surface area (Å²) in [4.78, 5) is 21.6. The minimum atomic E-state index is 0.00958. The summed E-state index contributed by atoms with van der Waals surface area (Å²) < 4.78 is 0. The molecule has 1 unspecified atom stereocenters. The van der Waals surface area contributed by atoms with Gasteiger partial charge < -0.3 is 16.0 Å². The smallest absolute Gasteiger partial charge is 0.251 e. The molecule has 1 atom stereocenters. The van der Waals surface area contributed by atoms with E-state index in [4.69, 9.17) is 0 Å². The number of aryl methyl sites for hydroxylation is 1. The second-order valence-corrected chi connectivity index (χ2v) is 8.42. The van der Waals surface area contributed by atoms with E-state index in [0.717, 1.165) is 53.5 Å². The second-order valence-electron chi connectivity index (χ2n) is 8.42. The summed E-state index contributed by atoms with van der Waals surface area (Å²) in [6.07, 6.45) is 6.47. The van der Waals surface area contributed by atoms with E-state index in [1.54, 1.807) is 0 Å². The number of nitrogens with one attached hydrogen (secondary N) is 3. The first-order valence-corrected chi connectivity index (χ1v) is 10.8. The van der Waals surface area contributed by atoms with Crippen molar-refractivity contribution in [2.24, 2.45) is 0 Å². The van der Waals surface area contributed by atoms with Gasteiger partial charge in [0.1, 0.15) is 0 Å². The Bertz CT molecular complexity index is 1090. The third-order valence-electron chi connectivity index (χ3n) is 5.97. The molecule has 3 aromatic rings. The molecule has 1 saturated heterocycles. The zero-order valence-electron chi connectivity index (χ0n) is 17.2. The summed E-state index contributed by atoms with van der Waals surface area (Å²) in [6.45, 7) is 4.01. The first-order valence-electron chi connectivity index (χ1n) is 10.8. The Hall–Kier alpha value is -2.99. The first kappa shape index (κ1) is 19.0. The van der Waals surface area contributed by atoms with Crippen molar-refractivity contribution in [1.82, 2.24) is 20.6 Å². The topological polar surface area (TPSA) is 78.9 Å². The van der Waals surface area contributed by atoms with Gasteiger partial charge in [-0.15, -0.1) is 0 Å². The van der Waals surface area contributed by atoms with E-state index in [0.29, 0.717) is 23.6 Å². The largest absolute Gasteiger partial charge is 0.353 e. The van der Waals surface area contributed by atoms with Crippen molar-refractivity contribution < 1.29 is 4.79 Å². The van der Waals surface area contributed by atoms with Crippen LogP contribution in [-0.2, 0) is 0 Å². The van der Waals surface area contributed by atoms with Crippen LogP contribution in [0.15, 0.2) is 42.6 Å². The predicted molar refractivity (Wildman–Crippen MR) is 120 cm³/mol. The van der Waals surface area contributed by atoms with E-state index in [1.807, 2.05) is 30.5 Å². The molecule has 6 nitrogen and oxygen atoms in total. The van der Waals surface area contributed by atoms with Crippen LogP contribution in [0.25, 0.3) is 22.0 Å². The van der Waals surface area contributed by atoms with E-state index in [-0.39, 0.29) is 5.91 Å². The number of carbonyl (C=O) groups is 1. The molecule has 2 fully saturated rings. The van der Waals surface area contributed by atoms with Gasteiger partial charge >= 0.3 is 0 Å². The molecule has 1 aliphatic heterocycles. The SMILES string of the molecule is Cc1ccc(C(=O)NC2CC2)cc1-c1ccc2nc(NCC3CCCN3)ncc2c1. The van der Waals surface area contributed by atoms with Gasteiger partial charge in [-0.3, -0.25) is 4.79 Å². The summed E-state index contributed by atoms with van der Waals surface area (Å²) in [5.41, 5.74) is 4.89. The van der Waals surface area contributed by atoms with Crippen LogP contribution >= 0.6 is 0 Å². The van der Waals surface area contributed by atoms with Crippen molar-refractivity contribution in [3.8, 4) is 11.1 Å². The van der Waals surface area contributed by atoms with Crippen LogP contribution in [0.4, 0.5) is 5.95 Å². The molecule has 2 aromatic carbocycles. The van der Waals surface area contributed by atoms with Crippen LogP contribution in [0, 0.1) is 6.92 Å². The molecule has 1 saturated carbocycles. The monoisotopic (exact) mass is 401 g/mol. The number of aromatic nitrogens is 2. The normalized spacial score (nSPS) is 18.5. The average Bonchev–Trinajstić information content (AvgIpc) is 3.42. The van der Waals surface area contributed by atoms with Crippen molar-refractivity contribution in [3.63, 3.8) is 0 Å². The number of hydrogen-bond donors (Lipinski definition) is 3. The highest BCUT2D eigenvalue weighted by molar-refractivity contribution is 5.96. The van der Waals surface area contributed by atoms with E-state index in [2.05, 4.69) is 45.0 Å². The maximum absolute atomic E-state index is 12.5. The Balaban J connectivity index is 1.37. The summed E-state index contributed by atoms with van der Waals surface area (Å²) in [5, 5.41) is 10.9. The van der Waals surface area contributed by atoms with Gasteiger partial charge in [0.15, 0.2) is 0 Å². The average molecular weight is 402 g/mol. The lowest BCUT2D eigenvalue weighted by Gasteiger charge is -2.12. The minimum absolute atomic E-state index is 0.00958. The molecule has 0 bridgehead atoms. The van der Waals surface area contributed by atoms with Gasteiger partial charge in [-0.2, -0.15) is 0 Å². The molecule has 1 aromatic heterocycles. The van der Waals surface area contributed by atoms with Crippen molar-refractivity contribution in [2.45, 2.75) is 44.7 Å². The Morgan fingerprint density at radius 1 is 1.17 bits per heavy atom. The van der Waals surface area contributed by atoms with Crippen LogP contribution < -0.4 is 16.0 Å². The molecule has 0 radical (unpaired) electrons. The zero-order chi connectivity index (χ0) is 20.5. The van der Waals surface area contributed by atoms with Gasteiger partial charge in [-0.05, 0) is 80.1 Å². The number of anilines is 1. The second kappa shape index (κ2) is 8.03. The maximum atomic E-state index is 12.5. The minimum Gasteiger partial charge on any atom is -0.353 e. The maximum Gasteiger partial charge on any atom is 0.251 e.